The number of benzene rings is 1. The summed E-state index contributed by atoms with van der Waals surface area (Å²) in [7, 11) is 0. The van der Waals surface area contributed by atoms with Crippen LogP contribution < -0.4 is 0 Å². The van der Waals surface area contributed by atoms with Gasteiger partial charge in [-0.15, -0.1) is 0 Å². The van der Waals surface area contributed by atoms with Gasteiger partial charge in [0.25, 0.3) is 0 Å². The van der Waals surface area contributed by atoms with Crippen molar-refractivity contribution in [3.63, 3.8) is 0 Å². The fourth-order valence-corrected chi connectivity index (χ4v) is 3.14. The molecule has 0 bridgehead atoms. The van der Waals surface area contributed by atoms with E-state index in [1.807, 2.05) is 18.2 Å². The molecule has 2 rings (SSSR count). The number of rotatable bonds is 6. The van der Waals surface area contributed by atoms with Crippen molar-refractivity contribution in [1.29, 1.82) is 0 Å². The van der Waals surface area contributed by atoms with Gasteiger partial charge in [0.2, 0.25) is 0 Å². The normalized spacial score (nSPS) is 10.9. The molecule has 0 N–H and O–H groups in total. The summed E-state index contributed by atoms with van der Waals surface area (Å²) in [6.45, 7) is 6.42. The summed E-state index contributed by atoms with van der Waals surface area (Å²) in [5, 5.41) is 0. The van der Waals surface area contributed by atoms with Gasteiger partial charge in [-0.1, -0.05) is 37.3 Å². The third-order valence-corrected chi connectivity index (χ3v) is 4.25. The predicted octanol–water partition coefficient (Wildman–Crippen LogP) is 3.79. The van der Waals surface area contributed by atoms with E-state index in [-0.39, 0.29) is 0 Å². The molecule has 0 aliphatic carbocycles. The molecule has 1 aromatic carbocycles. The lowest BCUT2D eigenvalue weighted by atomic mass is 10.2. The van der Waals surface area contributed by atoms with Crippen molar-refractivity contribution in [2.24, 2.45) is 0 Å². The van der Waals surface area contributed by atoms with E-state index in [9.17, 15) is 0 Å². The highest BCUT2D eigenvalue weighted by Crippen LogP contribution is 2.16. The maximum atomic E-state index is 5.77. The molecule has 0 amide bonds. The number of aromatic nitrogens is 2. The first kappa shape index (κ1) is 14.5. The topological polar surface area (TPSA) is 27.1 Å². The van der Waals surface area contributed by atoms with Crippen molar-refractivity contribution in [1.82, 2.24) is 9.55 Å². The van der Waals surface area contributed by atoms with Gasteiger partial charge in [0.1, 0.15) is 16.1 Å². The number of halogens is 1. The number of ether oxygens (including phenoxy) is 1. The monoisotopic (exact) mass is 370 g/mol. The molecule has 2 aromatic rings. The fraction of sp³-hybridized carbons (Fsp3) is 0.400. The Bertz CT molecular complexity index is 522. The zero-order valence-corrected chi connectivity index (χ0v) is 13.6. The molecule has 0 spiro atoms. The zero-order chi connectivity index (χ0) is 13.7. The average Bonchev–Trinajstić information content (AvgIpc) is 2.75. The molecule has 1 heterocycles. The number of aryl methyl sites for hydroxylation is 1. The van der Waals surface area contributed by atoms with Gasteiger partial charge in [-0.25, -0.2) is 4.98 Å². The summed E-state index contributed by atoms with van der Waals surface area (Å²) in [4.78, 5) is 4.66. The number of hydrogen-bond acceptors (Lipinski definition) is 2. The summed E-state index contributed by atoms with van der Waals surface area (Å²) in [5.74, 6) is 1.03. The molecule has 0 saturated heterocycles. The minimum atomic E-state index is 0.568. The van der Waals surface area contributed by atoms with Crippen LogP contribution in [-0.2, 0) is 30.9 Å². The van der Waals surface area contributed by atoms with Crippen molar-refractivity contribution in [3.05, 3.63) is 51.1 Å². The molecular formula is C15H19IN2O. The zero-order valence-electron chi connectivity index (χ0n) is 11.4. The molecule has 0 atom stereocenters. The van der Waals surface area contributed by atoms with Gasteiger partial charge in [0.05, 0.1) is 12.3 Å². The van der Waals surface area contributed by atoms with Gasteiger partial charge in [-0.05, 0) is 41.5 Å². The highest BCUT2D eigenvalue weighted by atomic mass is 127. The van der Waals surface area contributed by atoms with E-state index >= 15 is 0 Å². The number of hydrogen-bond donors (Lipinski definition) is 0. The molecule has 0 fully saturated rings. The van der Waals surface area contributed by atoms with E-state index in [0.29, 0.717) is 13.2 Å². The standard InChI is InChI=1S/C15H19IN2O/c1-3-13-15(16)18(4-2)14(17-13)11-19-10-12-8-6-5-7-9-12/h5-9H,3-4,10-11H2,1-2H3. The van der Waals surface area contributed by atoms with Crippen molar-refractivity contribution in [2.45, 2.75) is 40.0 Å². The molecule has 3 nitrogen and oxygen atoms in total. The smallest absolute Gasteiger partial charge is 0.135 e. The SMILES string of the molecule is CCc1nc(COCc2ccccc2)n(CC)c1I. The lowest BCUT2D eigenvalue weighted by Crippen LogP contribution is -2.05. The first-order valence-corrected chi connectivity index (χ1v) is 7.69. The van der Waals surface area contributed by atoms with Crippen molar-refractivity contribution in [2.75, 3.05) is 0 Å². The van der Waals surface area contributed by atoms with Crippen LogP contribution in [0.15, 0.2) is 30.3 Å². The molecule has 0 saturated carbocycles. The van der Waals surface area contributed by atoms with Crippen molar-refractivity contribution < 1.29 is 4.74 Å². The van der Waals surface area contributed by atoms with Crippen LogP contribution in [0.2, 0.25) is 0 Å². The van der Waals surface area contributed by atoms with Gasteiger partial charge in [0, 0.05) is 6.54 Å². The van der Waals surface area contributed by atoms with Crippen LogP contribution in [0.25, 0.3) is 0 Å². The van der Waals surface area contributed by atoms with Gasteiger partial charge in [-0.3, -0.25) is 0 Å². The van der Waals surface area contributed by atoms with Crippen LogP contribution in [0.5, 0.6) is 0 Å². The summed E-state index contributed by atoms with van der Waals surface area (Å²) < 4.78 is 9.24. The van der Waals surface area contributed by atoms with Crippen molar-refractivity contribution >= 4 is 22.6 Å². The Morgan fingerprint density at radius 3 is 2.53 bits per heavy atom. The summed E-state index contributed by atoms with van der Waals surface area (Å²) >= 11 is 2.37. The molecule has 0 unspecified atom stereocenters. The van der Waals surface area contributed by atoms with Crippen LogP contribution in [0, 0.1) is 3.70 Å². The van der Waals surface area contributed by atoms with Gasteiger partial charge in [0.15, 0.2) is 0 Å². The average molecular weight is 370 g/mol. The maximum Gasteiger partial charge on any atom is 0.135 e. The van der Waals surface area contributed by atoms with Gasteiger partial charge >= 0.3 is 0 Å². The molecule has 4 heteroatoms. The number of nitrogens with zero attached hydrogens (tertiary/aromatic N) is 2. The second kappa shape index (κ2) is 7.05. The fourth-order valence-electron chi connectivity index (χ4n) is 2.02. The van der Waals surface area contributed by atoms with E-state index in [4.69, 9.17) is 4.74 Å². The van der Waals surface area contributed by atoms with Crippen LogP contribution in [0.4, 0.5) is 0 Å². The summed E-state index contributed by atoms with van der Waals surface area (Å²) in [6.07, 6.45) is 0.969. The quantitative estimate of drug-likeness (QED) is 0.724. The molecule has 102 valence electrons. The highest BCUT2D eigenvalue weighted by molar-refractivity contribution is 14.1. The Hall–Kier alpha value is -0.880. The van der Waals surface area contributed by atoms with E-state index in [1.165, 1.54) is 15.0 Å². The lowest BCUT2D eigenvalue weighted by molar-refractivity contribution is 0.0992. The Morgan fingerprint density at radius 2 is 1.89 bits per heavy atom. The molecule has 0 radical (unpaired) electrons. The summed E-state index contributed by atoms with van der Waals surface area (Å²) in [6, 6.07) is 10.2. The summed E-state index contributed by atoms with van der Waals surface area (Å²) in [5.41, 5.74) is 2.36. The van der Waals surface area contributed by atoms with Crippen LogP contribution in [-0.4, -0.2) is 9.55 Å². The highest BCUT2D eigenvalue weighted by Gasteiger charge is 2.12. The molecular weight excluding hydrogens is 351 g/mol. The molecule has 0 aliphatic heterocycles. The van der Waals surface area contributed by atoms with Crippen molar-refractivity contribution in [3.8, 4) is 0 Å². The third-order valence-electron chi connectivity index (χ3n) is 3.04. The Labute approximate surface area is 128 Å². The van der Waals surface area contributed by atoms with E-state index < -0.39 is 0 Å². The predicted molar refractivity (Wildman–Crippen MR) is 84.9 cm³/mol. The molecule has 19 heavy (non-hydrogen) atoms. The Kier molecular flexibility index (Phi) is 5.39. The minimum Gasteiger partial charge on any atom is -0.369 e. The van der Waals surface area contributed by atoms with Gasteiger partial charge < -0.3 is 9.30 Å². The Balaban J connectivity index is 1.99. The Morgan fingerprint density at radius 1 is 1.16 bits per heavy atom. The molecule has 1 aromatic heterocycles. The first-order chi connectivity index (χ1) is 9.26. The van der Waals surface area contributed by atoms with Crippen LogP contribution >= 0.6 is 22.6 Å². The second-order valence-electron chi connectivity index (χ2n) is 4.34. The first-order valence-electron chi connectivity index (χ1n) is 6.61. The number of imidazole rings is 1. The maximum absolute atomic E-state index is 5.77. The molecule has 0 aliphatic rings. The van der Waals surface area contributed by atoms with Crippen LogP contribution in [0.3, 0.4) is 0 Å². The van der Waals surface area contributed by atoms with E-state index in [0.717, 1.165) is 18.8 Å². The van der Waals surface area contributed by atoms with Gasteiger partial charge in [-0.2, -0.15) is 0 Å². The minimum absolute atomic E-state index is 0.568. The van der Waals surface area contributed by atoms with Crippen LogP contribution in [0.1, 0.15) is 30.9 Å². The lowest BCUT2D eigenvalue weighted by Gasteiger charge is -2.07. The largest absolute Gasteiger partial charge is 0.369 e. The van der Waals surface area contributed by atoms with E-state index in [1.54, 1.807) is 0 Å². The van der Waals surface area contributed by atoms with E-state index in [2.05, 4.69) is 58.1 Å². The third kappa shape index (κ3) is 3.57. The second-order valence-corrected chi connectivity index (χ2v) is 5.36.